The number of anilines is 2. The summed E-state index contributed by atoms with van der Waals surface area (Å²) < 4.78 is 35.1. The molecule has 0 bridgehead atoms. The number of sulfonamides is 1. The maximum Gasteiger partial charge on any atom is 0.277 e. The van der Waals surface area contributed by atoms with Crippen molar-refractivity contribution < 1.29 is 22.8 Å². The predicted octanol–water partition coefficient (Wildman–Crippen LogP) is 5.33. The van der Waals surface area contributed by atoms with Crippen LogP contribution in [0.15, 0.2) is 65.6 Å². The third-order valence-corrected chi connectivity index (χ3v) is 8.80. The normalized spacial score (nSPS) is 20.5. The van der Waals surface area contributed by atoms with Gasteiger partial charge in [0.05, 0.1) is 29.8 Å². The van der Waals surface area contributed by atoms with Crippen LogP contribution in [0.4, 0.5) is 11.4 Å². The average Bonchev–Trinajstić information content (AvgIpc) is 3.39. The summed E-state index contributed by atoms with van der Waals surface area (Å²) >= 11 is 6.17. The first-order valence-electron chi connectivity index (χ1n) is 11.9. The molecule has 3 aromatic carbocycles. The van der Waals surface area contributed by atoms with Crippen LogP contribution in [0.25, 0.3) is 0 Å². The van der Waals surface area contributed by atoms with Gasteiger partial charge in [0.1, 0.15) is 0 Å². The van der Waals surface area contributed by atoms with E-state index in [0.717, 1.165) is 28.8 Å². The average molecular weight is 542 g/mol. The summed E-state index contributed by atoms with van der Waals surface area (Å²) in [5.41, 5.74) is 4.46. The van der Waals surface area contributed by atoms with Crippen LogP contribution in [0.5, 0.6) is 0 Å². The van der Waals surface area contributed by atoms with Crippen LogP contribution in [0.3, 0.4) is 0 Å². The Morgan fingerprint density at radius 1 is 1.14 bits per heavy atom. The molecule has 1 fully saturated rings. The first kappa shape index (κ1) is 25.5. The number of hydroxylamine groups is 2. The highest BCUT2D eigenvalue weighted by Gasteiger charge is 2.42. The topological polar surface area (TPSA) is 97.0 Å². The highest BCUT2D eigenvalue weighted by molar-refractivity contribution is 7.92. The fourth-order valence-corrected chi connectivity index (χ4v) is 6.18. The van der Waals surface area contributed by atoms with Gasteiger partial charge in [-0.3, -0.25) is 14.4 Å². The number of amides is 1. The number of hydrogen-bond donors (Lipinski definition) is 2. The van der Waals surface area contributed by atoms with Crippen LogP contribution in [0.2, 0.25) is 5.02 Å². The number of hydrogen-bond acceptors (Lipinski definition) is 6. The van der Waals surface area contributed by atoms with E-state index in [0.29, 0.717) is 22.9 Å². The summed E-state index contributed by atoms with van der Waals surface area (Å²) in [6, 6.07) is 17.5. The monoisotopic (exact) mass is 541 g/mol. The number of nitrogens with zero attached hydrogens (tertiary/aromatic N) is 1. The van der Waals surface area contributed by atoms with Gasteiger partial charge in [0.2, 0.25) is 0 Å². The van der Waals surface area contributed by atoms with Crippen molar-refractivity contribution in [3.05, 3.63) is 87.9 Å². The lowest BCUT2D eigenvalue weighted by atomic mass is 9.81. The molecule has 2 aliphatic heterocycles. The number of fused-ring (bicyclic) bond motifs is 3. The Morgan fingerprint density at radius 3 is 2.59 bits per heavy atom. The maximum atomic E-state index is 13.2. The van der Waals surface area contributed by atoms with Crippen LogP contribution < -0.4 is 10.0 Å². The Morgan fingerprint density at radius 2 is 1.89 bits per heavy atom. The molecule has 2 heterocycles. The van der Waals surface area contributed by atoms with Crippen molar-refractivity contribution in [3.63, 3.8) is 0 Å². The molecule has 8 nitrogen and oxygen atoms in total. The fraction of sp³-hybridized carbons (Fsp3) is 0.296. The van der Waals surface area contributed by atoms with Crippen LogP contribution in [0, 0.1) is 12.8 Å². The Hall–Kier alpha value is -3.11. The number of halogens is 1. The maximum absolute atomic E-state index is 13.2. The first-order valence-corrected chi connectivity index (χ1v) is 13.8. The second kappa shape index (κ2) is 9.98. The zero-order valence-corrected chi connectivity index (χ0v) is 22.3. The second-order valence-electron chi connectivity index (χ2n) is 9.29. The highest BCUT2D eigenvalue weighted by Crippen LogP contribution is 2.50. The molecule has 2 aliphatic rings. The number of rotatable bonds is 6. The first-order chi connectivity index (χ1) is 17.7. The van der Waals surface area contributed by atoms with Crippen LogP contribution >= 0.6 is 11.6 Å². The molecule has 1 saturated heterocycles. The summed E-state index contributed by atoms with van der Waals surface area (Å²) in [4.78, 5) is 17.5. The van der Waals surface area contributed by atoms with Crippen molar-refractivity contribution in [2.24, 2.45) is 5.92 Å². The molecule has 0 radical (unpaired) electrons. The summed E-state index contributed by atoms with van der Waals surface area (Å²) in [7, 11) is -0.820. The molecule has 3 unspecified atom stereocenters. The highest BCUT2D eigenvalue weighted by atomic mass is 35.5. The summed E-state index contributed by atoms with van der Waals surface area (Å²) in [6.45, 7) is 2.44. The Bertz CT molecular complexity index is 1440. The molecule has 0 saturated carbocycles. The Kier molecular flexibility index (Phi) is 6.89. The van der Waals surface area contributed by atoms with Gasteiger partial charge in [-0.1, -0.05) is 29.8 Å². The number of carbonyl (C=O) groups excluding carboxylic acids is 1. The molecule has 0 aromatic heterocycles. The zero-order chi connectivity index (χ0) is 26.3. The third kappa shape index (κ3) is 4.92. The number of ether oxygens (including phenoxy) is 1. The minimum atomic E-state index is -3.83. The predicted molar refractivity (Wildman–Crippen MR) is 142 cm³/mol. The van der Waals surface area contributed by atoms with Crippen molar-refractivity contribution in [1.82, 2.24) is 5.06 Å². The van der Waals surface area contributed by atoms with Gasteiger partial charge in [-0.2, -0.15) is 0 Å². The lowest BCUT2D eigenvalue weighted by Gasteiger charge is -2.36. The van der Waals surface area contributed by atoms with Gasteiger partial charge in [-0.25, -0.2) is 13.5 Å². The Balaban J connectivity index is 1.41. The second-order valence-corrected chi connectivity index (χ2v) is 11.4. The van der Waals surface area contributed by atoms with E-state index in [4.69, 9.17) is 21.2 Å². The van der Waals surface area contributed by atoms with Gasteiger partial charge in [-0.15, -0.1) is 0 Å². The number of carbonyl (C=O) groups is 1. The van der Waals surface area contributed by atoms with E-state index < -0.39 is 10.0 Å². The Labute approximate surface area is 221 Å². The third-order valence-electron chi connectivity index (χ3n) is 7.02. The molecule has 37 heavy (non-hydrogen) atoms. The van der Waals surface area contributed by atoms with E-state index in [1.807, 2.05) is 19.1 Å². The molecule has 194 valence electrons. The molecule has 2 N–H and O–H groups in total. The molecule has 5 rings (SSSR count). The quantitative estimate of drug-likeness (QED) is 0.410. The van der Waals surface area contributed by atoms with Gasteiger partial charge in [-0.05, 0) is 66.9 Å². The summed E-state index contributed by atoms with van der Waals surface area (Å²) in [5, 5.41) is 5.25. The number of benzene rings is 3. The van der Waals surface area contributed by atoms with Crippen molar-refractivity contribution in [1.29, 1.82) is 0 Å². The van der Waals surface area contributed by atoms with E-state index in [1.54, 1.807) is 55.6 Å². The van der Waals surface area contributed by atoms with Gasteiger partial charge in [0, 0.05) is 41.4 Å². The van der Waals surface area contributed by atoms with Crippen LogP contribution in [-0.4, -0.2) is 40.2 Å². The molecule has 1 amide bonds. The lowest BCUT2D eigenvalue weighted by molar-refractivity contribution is -0.0757. The molecule has 3 aromatic rings. The SMILES string of the molecule is CON(C)C(=O)c1ccc(C2Nc3ccc(S(=O)(=O)Nc4ccc(C)c(Cl)c4)cc3C3OCCC23)cc1. The van der Waals surface area contributed by atoms with E-state index in [9.17, 15) is 13.2 Å². The van der Waals surface area contributed by atoms with Gasteiger partial charge >= 0.3 is 0 Å². The molecular weight excluding hydrogens is 514 g/mol. The fourth-order valence-electron chi connectivity index (χ4n) is 4.92. The minimum absolute atomic E-state index is 0.0420. The molecule has 0 spiro atoms. The van der Waals surface area contributed by atoms with E-state index >= 15 is 0 Å². The lowest BCUT2D eigenvalue weighted by Crippen LogP contribution is -2.30. The smallest absolute Gasteiger partial charge is 0.277 e. The van der Waals surface area contributed by atoms with E-state index in [2.05, 4.69) is 10.0 Å². The van der Waals surface area contributed by atoms with Crippen LogP contribution in [0.1, 0.15) is 45.6 Å². The van der Waals surface area contributed by atoms with Crippen molar-refractivity contribution in [2.75, 3.05) is 30.8 Å². The van der Waals surface area contributed by atoms with E-state index in [-0.39, 0.29) is 28.9 Å². The molecule has 10 heteroatoms. The molecular formula is C27H28ClN3O5S. The van der Waals surface area contributed by atoms with Crippen molar-refractivity contribution in [2.45, 2.75) is 30.4 Å². The van der Waals surface area contributed by atoms with Gasteiger partial charge in [0.15, 0.2) is 0 Å². The number of aryl methyl sites for hydroxylation is 1. The van der Waals surface area contributed by atoms with Crippen molar-refractivity contribution in [3.8, 4) is 0 Å². The molecule has 0 aliphatic carbocycles. The van der Waals surface area contributed by atoms with Gasteiger partial charge < -0.3 is 10.1 Å². The summed E-state index contributed by atoms with van der Waals surface area (Å²) in [5.74, 6) is -0.120. The largest absolute Gasteiger partial charge is 0.378 e. The molecule has 3 atom stereocenters. The minimum Gasteiger partial charge on any atom is -0.378 e. The standard InChI is InChI=1S/C27H28ClN3O5S/c1-16-4-9-19(14-23(16)28)30-37(33,34)20-10-11-24-22(15-20)26-21(12-13-36-26)25(29-24)17-5-7-18(8-6-17)27(32)31(2)35-3/h4-11,14-15,21,25-26,29-30H,12-13H2,1-3H3. The van der Waals surface area contributed by atoms with E-state index in [1.165, 1.54) is 12.2 Å². The summed E-state index contributed by atoms with van der Waals surface area (Å²) in [6.07, 6.45) is 0.581. The zero-order valence-electron chi connectivity index (χ0n) is 20.7. The van der Waals surface area contributed by atoms with Crippen LogP contribution in [-0.2, 0) is 19.6 Å². The van der Waals surface area contributed by atoms with Crippen molar-refractivity contribution >= 4 is 38.9 Å². The van der Waals surface area contributed by atoms with Gasteiger partial charge in [0.25, 0.3) is 15.9 Å². The number of nitrogens with one attached hydrogen (secondary N) is 2.